The molecule has 2 aromatic heterocycles. The first-order valence-corrected chi connectivity index (χ1v) is 26.5. The van der Waals surface area contributed by atoms with E-state index < -0.39 is 84.6 Å². The molecule has 1 fully saturated rings. The minimum Gasteiger partial charge on any atom is -0.790 e. The summed E-state index contributed by atoms with van der Waals surface area (Å²) in [7, 11) is -17.7. The molecule has 3 rings (SSSR count). The molecule has 0 saturated carbocycles. The quantitative estimate of drug-likeness (QED) is 0.0289. The van der Waals surface area contributed by atoms with E-state index in [1.54, 1.807) is 6.08 Å². The van der Waals surface area contributed by atoms with Crippen molar-refractivity contribution in [1.82, 2.24) is 30.2 Å². The maximum atomic E-state index is 12.6. The Labute approximate surface area is 385 Å². The van der Waals surface area contributed by atoms with Gasteiger partial charge in [-0.3, -0.25) is 32.9 Å². The summed E-state index contributed by atoms with van der Waals surface area (Å²) >= 11 is 0.902. The van der Waals surface area contributed by atoms with Crippen LogP contribution in [0.5, 0.6) is 0 Å². The van der Waals surface area contributed by atoms with Gasteiger partial charge in [-0.15, -0.1) is 0 Å². The standard InChI is InChI=1S/C37H62N7O18P3S/c1-4-5-6-7-8-9-10-11-12-13-14-15-25(45)20-28(47)66-19-18-39-27(46)16-17-40-35(50)32(49)37(2,3)22-59-65(56,57)62-64(54,55)58-21-26-31(61-63(51,52)53)30(48)36(60-26)44-24-43-29-33(38)41-23-42-34(29)44/h13-14,23-24,26,30-32,36,48-49H,4-12,15-22H2,1-3H3,(H,39,46)(H,40,50)(H,54,55)(H,56,57)(H2,38,41,42)(H2,51,52,53)/p-4/b14-13-/t26-,30-,31-,32+,36-/m1/s1. The molecule has 2 aromatic rings. The number of carbonyl (C=O) groups is 4. The summed E-state index contributed by atoms with van der Waals surface area (Å²) in [6, 6.07) is 0. The van der Waals surface area contributed by atoms with Gasteiger partial charge in [0.1, 0.15) is 42.0 Å². The molecule has 0 radical (unpaired) electrons. The lowest BCUT2D eigenvalue weighted by molar-refractivity contribution is -0.347. The van der Waals surface area contributed by atoms with Crippen LogP contribution in [-0.2, 0) is 55.5 Å². The summed E-state index contributed by atoms with van der Waals surface area (Å²) in [5.41, 5.74) is 4.04. The molecule has 7 atom stereocenters. The van der Waals surface area contributed by atoms with Gasteiger partial charge in [0.2, 0.25) is 11.8 Å². The number of fused-ring (bicyclic) bond motifs is 1. The zero-order chi connectivity index (χ0) is 49.1. The van der Waals surface area contributed by atoms with Crippen LogP contribution in [0.4, 0.5) is 5.82 Å². The molecule has 1 saturated heterocycles. The van der Waals surface area contributed by atoms with E-state index in [1.807, 2.05) is 6.08 Å². The SMILES string of the molecule is CCCCCCCCCC/C=C\CC(=O)CC(=O)SCCNC(=O)CCNC(=O)[C@H](O)C(C)(C)COP(=O)([O-])OP(=O)([O-])OC[C@H]1O[C@@H](n2cnc3c(N)ncnc32)[C@H](O)[C@@H]1OP(=O)([O-])[O-]. The lowest BCUT2D eigenvalue weighted by Crippen LogP contribution is -2.46. The number of hydrogen-bond donors (Lipinski definition) is 5. The van der Waals surface area contributed by atoms with E-state index in [-0.39, 0.29) is 66.0 Å². The Hall–Kier alpha value is -3.03. The topological polar surface area (TPSA) is 392 Å². The molecule has 66 heavy (non-hydrogen) atoms. The predicted octanol–water partition coefficient (Wildman–Crippen LogP) is 0.573. The lowest BCUT2D eigenvalue weighted by Gasteiger charge is -2.36. The number of imidazole rings is 1. The monoisotopic (exact) mass is 1010 g/mol. The zero-order valence-corrected chi connectivity index (χ0v) is 40.3. The van der Waals surface area contributed by atoms with Gasteiger partial charge in [-0.05, 0) is 12.8 Å². The van der Waals surface area contributed by atoms with Crippen LogP contribution in [0.25, 0.3) is 11.2 Å². The molecule has 3 heterocycles. The predicted molar refractivity (Wildman–Crippen MR) is 229 cm³/mol. The summed E-state index contributed by atoms with van der Waals surface area (Å²) in [4.78, 5) is 109. The number of rotatable bonds is 32. The van der Waals surface area contributed by atoms with Crippen LogP contribution < -0.4 is 35.9 Å². The van der Waals surface area contributed by atoms with Crippen molar-refractivity contribution in [3.63, 3.8) is 0 Å². The molecule has 6 N–H and O–H groups in total. The lowest BCUT2D eigenvalue weighted by atomic mass is 9.87. The number of aliphatic hydroxyl groups is 2. The molecular weight excluding hydrogens is 955 g/mol. The number of nitrogens with one attached hydrogen (secondary N) is 2. The number of nitrogens with two attached hydrogens (primary N) is 1. The van der Waals surface area contributed by atoms with Crippen molar-refractivity contribution < 1.29 is 85.3 Å². The molecule has 2 amide bonds. The highest BCUT2D eigenvalue weighted by Gasteiger charge is 2.47. The van der Waals surface area contributed by atoms with Crippen molar-refractivity contribution in [3.8, 4) is 0 Å². The molecule has 0 aromatic carbocycles. The van der Waals surface area contributed by atoms with Crippen LogP contribution >= 0.6 is 35.2 Å². The number of carbonyl (C=O) groups excluding carboxylic acids is 4. The van der Waals surface area contributed by atoms with E-state index >= 15 is 0 Å². The highest BCUT2D eigenvalue weighted by atomic mass is 32.2. The Morgan fingerprint density at radius 2 is 1.64 bits per heavy atom. The summed E-state index contributed by atoms with van der Waals surface area (Å²) in [6.45, 7) is 2.10. The minimum atomic E-state index is -5.93. The van der Waals surface area contributed by atoms with Crippen molar-refractivity contribution in [1.29, 1.82) is 0 Å². The molecule has 0 spiro atoms. The van der Waals surface area contributed by atoms with Gasteiger partial charge in [0.05, 0.1) is 33.8 Å². The number of amides is 2. The number of ether oxygens (including phenoxy) is 1. The molecule has 29 heteroatoms. The van der Waals surface area contributed by atoms with Gasteiger partial charge in [-0.2, -0.15) is 0 Å². The van der Waals surface area contributed by atoms with Gasteiger partial charge in [-0.1, -0.05) is 89.6 Å². The molecular formula is C37H58N7O18P3S-4. The first-order chi connectivity index (χ1) is 30.9. The van der Waals surface area contributed by atoms with E-state index in [2.05, 4.69) is 50.4 Å². The summed E-state index contributed by atoms with van der Waals surface area (Å²) < 4.78 is 60.7. The van der Waals surface area contributed by atoms with E-state index in [9.17, 15) is 62.7 Å². The molecule has 0 aliphatic carbocycles. The third-order valence-corrected chi connectivity index (χ3v) is 13.7. The van der Waals surface area contributed by atoms with E-state index in [1.165, 1.54) is 52.4 Å². The van der Waals surface area contributed by atoms with Crippen LogP contribution in [0.2, 0.25) is 0 Å². The molecule has 2 unspecified atom stereocenters. The van der Waals surface area contributed by atoms with Gasteiger partial charge in [-0.25, -0.2) is 19.3 Å². The molecule has 374 valence electrons. The molecule has 1 aliphatic rings. The number of nitrogen functional groups attached to an aromatic ring is 1. The number of phosphoric acid groups is 3. The number of allylic oxidation sites excluding steroid dienone is 2. The third kappa shape index (κ3) is 20.3. The number of unbranched alkanes of at least 4 members (excludes halogenated alkanes) is 8. The van der Waals surface area contributed by atoms with Gasteiger partial charge < -0.3 is 69.0 Å². The molecule has 25 nitrogen and oxygen atoms in total. The Balaban J connectivity index is 1.35. The fraction of sp³-hybridized carbons (Fsp3) is 0.703. The van der Waals surface area contributed by atoms with Crippen molar-refractivity contribution >= 4 is 74.9 Å². The van der Waals surface area contributed by atoms with E-state index in [4.69, 9.17) is 10.5 Å². The number of ketones is 1. The van der Waals surface area contributed by atoms with Crippen LogP contribution in [-0.4, -0.2) is 109 Å². The average Bonchev–Trinajstić information content (AvgIpc) is 3.79. The number of anilines is 1. The number of phosphoric ester groups is 3. The number of thioether (sulfide) groups is 1. The van der Waals surface area contributed by atoms with Gasteiger partial charge in [0.15, 0.2) is 22.8 Å². The maximum Gasteiger partial charge on any atom is 0.274 e. The van der Waals surface area contributed by atoms with Crippen LogP contribution in [0.1, 0.15) is 104 Å². The Kier molecular flexibility index (Phi) is 23.6. The Morgan fingerprint density at radius 1 is 0.970 bits per heavy atom. The smallest absolute Gasteiger partial charge is 0.274 e. The fourth-order valence-corrected chi connectivity index (χ4v) is 9.72. The second-order valence-electron chi connectivity index (χ2n) is 15.9. The van der Waals surface area contributed by atoms with Crippen LogP contribution in [0.15, 0.2) is 24.8 Å². The number of Topliss-reactive ketones (excluding diaryl/α,β-unsaturated/α-hetero) is 1. The minimum absolute atomic E-state index is 0.0269. The van der Waals surface area contributed by atoms with Crippen molar-refractivity contribution in [2.75, 3.05) is 37.8 Å². The van der Waals surface area contributed by atoms with Crippen molar-refractivity contribution in [2.45, 2.75) is 128 Å². The van der Waals surface area contributed by atoms with Gasteiger partial charge >= 0.3 is 0 Å². The number of aromatic nitrogens is 4. The molecule has 1 aliphatic heterocycles. The summed E-state index contributed by atoms with van der Waals surface area (Å²) in [5, 5.41) is 25.9. The van der Waals surface area contributed by atoms with E-state index in [0.717, 1.165) is 48.2 Å². The average molecular weight is 1010 g/mol. The fourth-order valence-electron chi connectivity index (χ4n) is 6.29. The second-order valence-corrected chi connectivity index (χ2v) is 21.1. The number of aliphatic hydroxyl groups excluding tert-OH is 2. The zero-order valence-electron chi connectivity index (χ0n) is 36.8. The third-order valence-electron chi connectivity index (χ3n) is 9.82. The Bertz CT molecular complexity index is 2090. The summed E-state index contributed by atoms with van der Waals surface area (Å²) in [6.07, 6.45) is 6.63. The van der Waals surface area contributed by atoms with Gasteiger partial charge in [0.25, 0.3) is 15.6 Å². The normalized spacial score (nSPS) is 20.3. The largest absolute Gasteiger partial charge is 0.790 e. The maximum absolute atomic E-state index is 12.6. The van der Waals surface area contributed by atoms with Crippen molar-refractivity contribution in [3.05, 3.63) is 24.8 Å². The highest BCUT2D eigenvalue weighted by Crippen LogP contribution is 2.56. The Morgan fingerprint density at radius 3 is 2.32 bits per heavy atom. The first-order valence-electron chi connectivity index (χ1n) is 21.1. The first kappa shape index (κ1) is 57.3. The van der Waals surface area contributed by atoms with Crippen molar-refractivity contribution in [2.24, 2.45) is 5.41 Å². The van der Waals surface area contributed by atoms with E-state index in [0.29, 0.717) is 0 Å². The second kappa shape index (κ2) is 27.2. The number of hydrogen-bond acceptors (Lipinski definition) is 23. The highest BCUT2D eigenvalue weighted by molar-refractivity contribution is 8.13. The summed E-state index contributed by atoms with van der Waals surface area (Å²) in [5.74, 6) is -1.63. The van der Waals surface area contributed by atoms with Crippen LogP contribution in [0.3, 0.4) is 0 Å². The molecule has 0 bridgehead atoms. The van der Waals surface area contributed by atoms with Gasteiger partial charge in [0, 0.05) is 37.1 Å². The number of nitrogens with zero attached hydrogens (tertiary/aromatic N) is 4. The van der Waals surface area contributed by atoms with Crippen LogP contribution in [0, 0.1) is 5.41 Å².